The van der Waals surface area contributed by atoms with E-state index in [1.165, 1.54) is 6.20 Å². The predicted octanol–water partition coefficient (Wildman–Crippen LogP) is 3.52. The van der Waals surface area contributed by atoms with Crippen LogP contribution in [0.5, 0.6) is 5.75 Å². The van der Waals surface area contributed by atoms with E-state index in [9.17, 15) is 14.7 Å². The number of methoxy groups -OCH3 is 1. The second-order valence-corrected chi connectivity index (χ2v) is 7.20. The number of rotatable bonds is 5. The quantitative estimate of drug-likeness (QED) is 0.843. The molecule has 1 fully saturated rings. The number of pyridine rings is 1. The minimum Gasteiger partial charge on any atom is -0.497 e. The zero-order chi connectivity index (χ0) is 19.4. The SMILES string of the molecule is COc1ccc(-c2cncc(C(=O)NC3(C)CCCCC3C(=O)O)c2)cc1. The van der Waals surface area contributed by atoms with Gasteiger partial charge in [-0.05, 0) is 43.5 Å². The van der Waals surface area contributed by atoms with Crippen LogP contribution in [0.25, 0.3) is 11.1 Å². The van der Waals surface area contributed by atoms with Crippen LogP contribution in [-0.4, -0.2) is 34.6 Å². The van der Waals surface area contributed by atoms with E-state index in [1.807, 2.05) is 31.2 Å². The molecule has 0 bridgehead atoms. The molecular weight excluding hydrogens is 344 g/mol. The summed E-state index contributed by atoms with van der Waals surface area (Å²) < 4.78 is 5.16. The summed E-state index contributed by atoms with van der Waals surface area (Å²) in [7, 11) is 1.61. The topological polar surface area (TPSA) is 88.5 Å². The maximum Gasteiger partial charge on any atom is 0.308 e. The lowest BCUT2D eigenvalue weighted by molar-refractivity contribution is -0.145. The van der Waals surface area contributed by atoms with E-state index >= 15 is 0 Å². The molecule has 142 valence electrons. The highest BCUT2D eigenvalue weighted by Gasteiger charge is 2.42. The number of carbonyl (C=O) groups is 2. The molecule has 6 heteroatoms. The maximum absolute atomic E-state index is 12.8. The van der Waals surface area contributed by atoms with Crippen molar-refractivity contribution < 1.29 is 19.4 Å². The molecule has 0 spiro atoms. The third-order valence-corrected chi connectivity index (χ3v) is 5.33. The van der Waals surface area contributed by atoms with Crippen LogP contribution in [0.3, 0.4) is 0 Å². The number of aliphatic carboxylic acids is 1. The summed E-state index contributed by atoms with van der Waals surface area (Å²) in [4.78, 5) is 28.6. The highest BCUT2D eigenvalue weighted by molar-refractivity contribution is 5.96. The van der Waals surface area contributed by atoms with Crippen LogP contribution in [0.2, 0.25) is 0 Å². The largest absolute Gasteiger partial charge is 0.497 e. The summed E-state index contributed by atoms with van der Waals surface area (Å²) in [5.74, 6) is -0.977. The normalized spacial score (nSPS) is 22.1. The average Bonchev–Trinajstić information content (AvgIpc) is 2.68. The molecule has 1 amide bonds. The van der Waals surface area contributed by atoms with Crippen molar-refractivity contribution in [3.8, 4) is 16.9 Å². The summed E-state index contributed by atoms with van der Waals surface area (Å²) in [6, 6.07) is 9.28. The van der Waals surface area contributed by atoms with E-state index in [4.69, 9.17) is 4.74 Å². The summed E-state index contributed by atoms with van der Waals surface area (Å²) in [5.41, 5.74) is 1.40. The Morgan fingerprint density at radius 1 is 1.19 bits per heavy atom. The Labute approximate surface area is 158 Å². The predicted molar refractivity (Wildman–Crippen MR) is 102 cm³/mol. The molecule has 27 heavy (non-hydrogen) atoms. The highest BCUT2D eigenvalue weighted by atomic mass is 16.5. The first-order valence-corrected chi connectivity index (χ1v) is 9.08. The second-order valence-electron chi connectivity index (χ2n) is 7.20. The van der Waals surface area contributed by atoms with Crippen LogP contribution in [-0.2, 0) is 4.79 Å². The van der Waals surface area contributed by atoms with Crippen LogP contribution < -0.4 is 10.1 Å². The first-order valence-electron chi connectivity index (χ1n) is 9.08. The van der Waals surface area contributed by atoms with E-state index < -0.39 is 17.4 Å². The van der Waals surface area contributed by atoms with Crippen molar-refractivity contribution in [3.63, 3.8) is 0 Å². The lowest BCUT2D eigenvalue weighted by atomic mass is 9.73. The zero-order valence-corrected chi connectivity index (χ0v) is 15.6. The molecule has 1 aliphatic carbocycles. The van der Waals surface area contributed by atoms with E-state index in [0.29, 0.717) is 18.4 Å². The van der Waals surface area contributed by atoms with Crippen molar-refractivity contribution >= 4 is 11.9 Å². The average molecular weight is 368 g/mol. The number of carboxylic acids is 1. The van der Waals surface area contributed by atoms with Gasteiger partial charge < -0.3 is 15.2 Å². The number of ether oxygens (including phenoxy) is 1. The first kappa shape index (κ1) is 18.9. The zero-order valence-electron chi connectivity index (χ0n) is 15.6. The minimum atomic E-state index is -0.859. The van der Waals surface area contributed by atoms with Gasteiger partial charge >= 0.3 is 5.97 Å². The molecule has 6 nitrogen and oxygen atoms in total. The fraction of sp³-hybridized carbons (Fsp3) is 0.381. The van der Waals surface area contributed by atoms with Crippen LogP contribution in [0.15, 0.2) is 42.7 Å². The number of carbonyl (C=O) groups excluding carboxylic acids is 1. The van der Waals surface area contributed by atoms with Crippen LogP contribution in [0.4, 0.5) is 0 Å². The van der Waals surface area contributed by atoms with Crippen molar-refractivity contribution in [2.75, 3.05) is 7.11 Å². The van der Waals surface area contributed by atoms with E-state index in [1.54, 1.807) is 19.4 Å². The van der Waals surface area contributed by atoms with Crippen LogP contribution in [0.1, 0.15) is 43.0 Å². The van der Waals surface area contributed by atoms with Crippen LogP contribution >= 0.6 is 0 Å². The van der Waals surface area contributed by atoms with E-state index in [-0.39, 0.29) is 5.91 Å². The van der Waals surface area contributed by atoms with E-state index in [0.717, 1.165) is 29.7 Å². The molecule has 1 aliphatic rings. The summed E-state index contributed by atoms with van der Waals surface area (Å²) >= 11 is 0. The third kappa shape index (κ3) is 4.10. The van der Waals surface area contributed by atoms with Crippen molar-refractivity contribution in [1.29, 1.82) is 0 Å². The molecule has 2 N–H and O–H groups in total. The van der Waals surface area contributed by atoms with Gasteiger partial charge in [-0.3, -0.25) is 14.6 Å². The molecule has 0 aliphatic heterocycles. The van der Waals surface area contributed by atoms with Gasteiger partial charge in [-0.25, -0.2) is 0 Å². The molecular formula is C21H24N2O4. The van der Waals surface area contributed by atoms with Gasteiger partial charge in [-0.15, -0.1) is 0 Å². The maximum atomic E-state index is 12.8. The Morgan fingerprint density at radius 3 is 2.59 bits per heavy atom. The van der Waals surface area contributed by atoms with Gasteiger partial charge in [0.1, 0.15) is 5.75 Å². The Morgan fingerprint density at radius 2 is 1.93 bits per heavy atom. The number of hydrogen-bond acceptors (Lipinski definition) is 4. The number of nitrogens with one attached hydrogen (secondary N) is 1. The van der Waals surface area contributed by atoms with Crippen molar-refractivity contribution in [3.05, 3.63) is 48.3 Å². The van der Waals surface area contributed by atoms with Gasteiger partial charge in [-0.1, -0.05) is 25.0 Å². The fourth-order valence-electron chi connectivity index (χ4n) is 3.72. The monoisotopic (exact) mass is 368 g/mol. The molecule has 0 radical (unpaired) electrons. The van der Waals surface area contributed by atoms with Gasteiger partial charge in [0.15, 0.2) is 0 Å². The number of benzene rings is 1. The number of carboxylic acid groups (broad SMARTS) is 1. The molecule has 0 saturated heterocycles. The number of nitrogens with zero attached hydrogens (tertiary/aromatic N) is 1. The molecule has 1 heterocycles. The molecule has 1 aromatic carbocycles. The van der Waals surface area contributed by atoms with Crippen LogP contribution in [0, 0.1) is 5.92 Å². The van der Waals surface area contributed by atoms with Crippen molar-refractivity contribution in [2.24, 2.45) is 5.92 Å². The van der Waals surface area contributed by atoms with Gasteiger partial charge in [0.05, 0.1) is 24.1 Å². The molecule has 3 rings (SSSR count). The lowest BCUT2D eigenvalue weighted by Crippen LogP contribution is -2.55. The summed E-state index contributed by atoms with van der Waals surface area (Å²) in [6.07, 6.45) is 6.21. The van der Waals surface area contributed by atoms with Crippen molar-refractivity contribution in [2.45, 2.75) is 38.1 Å². The smallest absolute Gasteiger partial charge is 0.308 e. The molecule has 1 aromatic heterocycles. The first-order chi connectivity index (χ1) is 12.9. The highest BCUT2D eigenvalue weighted by Crippen LogP contribution is 2.34. The number of hydrogen-bond donors (Lipinski definition) is 2. The fourth-order valence-corrected chi connectivity index (χ4v) is 3.72. The minimum absolute atomic E-state index is 0.298. The van der Waals surface area contributed by atoms with E-state index in [2.05, 4.69) is 10.3 Å². The Bertz CT molecular complexity index is 834. The van der Waals surface area contributed by atoms with Gasteiger partial charge in [-0.2, -0.15) is 0 Å². The Balaban J connectivity index is 1.81. The Hall–Kier alpha value is -2.89. The van der Waals surface area contributed by atoms with Crippen molar-refractivity contribution in [1.82, 2.24) is 10.3 Å². The van der Waals surface area contributed by atoms with Gasteiger partial charge in [0.2, 0.25) is 0 Å². The molecule has 2 aromatic rings. The van der Waals surface area contributed by atoms with Gasteiger partial charge in [0.25, 0.3) is 5.91 Å². The second kappa shape index (κ2) is 7.78. The number of amides is 1. The Kier molecular flexibility index (Phi) is 5.44. The molecule has 2 unspecified atom stereocenters. The third-order valence-electron chi connectivity index (χ3n) is 5.33. The lowest BCUT2D eigenvalue weighted by Gasteiger charge is -2.39. The molecule has 1 saturated carbocycles. The standard InChI is InChI=1S/C21H24N2O4/c1-21(10-4-3-5-18(21)20(25)26)23-19(24)16-11-15(12-22-13-16)14-6-8-17(27-2)9-7-14/h6-9,11-13,18H,3-5,10H2,1-2H3,(H,23,24)(H,25,26). The molecule has 2 atom stereocenters. The summed E-state index contributed by atoms with van der Waals surface area (Å²) in [6.45, 7) is 1.82. The summed E-state index contributed by atoms with van der Waals surface area (Å²) in [5, 5.41) is 12.5. The van der Waals surface area contributed by atoms with Gasteiger partial charge in [0, 0.05) is 18.0 Å². The number of aromatic nitrogens is 1.